The number of piperidine rings is 1. The standard InChI is InChI=1S/C16H19F2NO3/c1-3-16(4-2)6-5-13(19(14(16)20)15(21)22)10-7-11(17)9-12(18)8-10/h7-9,13H,3-6H2,1-2H3,(H,21,22)/t13-/m0/s1. The molecule has 1 atom stereocenters. The van der Waals surface area contributed by atoms with Crippen molar-refractivity contribution < 1.29 is 23.5 Å². The fourth-order valence-corrected chi connectivity index (χ4v) is 3.26. The Morgan fingerprint density at radius 3 is 2.27 bits per heavy atom. The van der Waals surface area contributed by atoms with Gasteiger partial charge in [0.2, 0.25) is 5.91 Å². The molecule has 0 spiro atoms. The van der Waals surface area contributed by atoms with Crippen LogP contribution in [0.15, 0.2) is 18.2 Å². The molecule has 1 aromatic rings. The molecule has 120 valence electrons. The Labute approximate surface area is 127 Å². The lowest BCUT2D eigenvalue weighted by molar-refractivity contribution is -0.148. The first-order chi connectivity index (χ1) is 10.3. The van der Waals surface area contributed by atoms with Gasteiger partial charge in [-0.15, -0.1) is 0 Å². The van der Waals surface area contributed by atoms with E-state index in [1.54, 1.807) is 0 Å². The van der Waals surface area contributed by atoms with E-state index in [0.717, 1.165) is 23.1 Å². The molecule has 0 aliphatic carbocycles. The molecule has 4 nitrogen and oxygen atoms in total. The minimum Gasteiger partial charge on any atom is -0.465 e. The molecule has 6 heteroatoms. The fourth-order valence-electron chi connectivity index (χ4n) is 3.26. The lowest BCUT2D eigenvalue weighted by Gasteiger charge is -2.43. The molecule has 2 rings (SSSR count). The zero-order valence-corrected chi connectivity index (χ0v) is 12.6. The Morgan fingerprint density at radius 1 is 1.27 bits per heavy atom. The molecule has 0 aromatic heterocycles. The summed E-state index contributed by atoms with van der Waals surface area (Å²) in [6, 6.07) is 2.05. The van der Waals surface area contributed by atoms with Gasteiger partial charge in [0.05, 0.1) is 6.04 Å². The van der Waals surface area contributed by atoms with Gasteiger partial charge in [0.1, 0.15) is 11.6 Å². The number of hydrogen-bond acceptors (Lipinski definition) is 2. The number of carbonyl (C=O) groups excluding carboxylic acids is 1. The third kappa shape index (κ3) is 2.69. The second kappa shape index (κ2) is 6.02. The number of amides is 2. The summed E-state index contributed by atoms with van der Waals surface area (Å²) in [5, 5.41) is 9.42. The summed E-state index contributed by atoms with van der Waals surface area (Å²) in [7, 11) is 0. The van der Waals surface area contributed by atoms with Gasteiger partial charge in [0, 0.05) is 11.5 Å². The van der Waals surface area contributed by atoms with Gasteiger partial charge in [-0.2, -0.15) is 0 Å². The summed E-state index contributed by atoms with van der Waals surface area (Å²) >= 11 is 0. The number of imide groups is 1. The molecule has 2 amide bonds. The summed E-state index contributed by atoms with van der Waals surface area (Å²) in [5.74, 6) is -2.04. The van der Waals surface area contributed by atoms with Gasteiger partial charge >= 0.3 is 6.09 Å². The van der Waals surface area contributed by atoms with Crippen LogP contribution in [0.3, 0.4) is 0 Å². The summed E-state index contributed by atoms with van der Waals surface area (Å²) in [6.07, 6.45) is 0.561. The van der Waals surface area contributed by atoms with Gasteiger partial charge < -0.3 is 5.11 Å². The van der Waals surface area contributed by atoms with E-state index in [2.05, 4.69) is 0 Å². The summed E-state index contributed by atoms with van der Waals surface area (Å²) in [5.41, 5.74) is -0.533. The van der Waals surface area contributed by atoms with Crippen LogP contribution in [0.5, 0.6) is 0 Å². The Hall–Kier alpha value is -1.98. The molecule has 1 N–H and O–H groups in total. The van der Waals surface area contributed by atoms with E-state index in [9.17, 15) is 23.5 Å². The van der Waals surface area contributed by atoms with Crippen molar-refractivity contribution in [3.8, 4) is 0 Å². The number of carbonyl (C=O) groups is 2. The van der Waals surface area contributed by atoms with Crippen molar-refractivity contribution in [1.82, 2.24) is 4.90 Å². The lowest BCUT2D eigenvalue weighted by atomic mass is 9.72. The molecule has 1 saturated heterocycles. The van der Waals surface area contributed by atoms with Crippen LogP contribution in [0, 0.1) is 17.0 Å². The normalized spacial score (nSPS) is 21.0. The molecule has 0 bridgehead atoms. The van der Waals surface area contributed by atoms with Crippen LogP contribution >= 0.6 is 0 Å². The zero-order valence-electron chi connectivity index (χ0n) is 12.6. The van der Waals surface area contributed by atoms with Gasteiger partial charge in [-0.3, -0.25) is 4.79 Å². The minimum absolute atomic E-state index is 0.175. The minimum atomic E-state index is -1.38. The number of carboxylic acid groups (broad SMARTS) is 1. The number of benzene rings is 1. The van der Waals surface area contributed by atoms with E-state index in [-0.39, 0.29) is 5.56 Å². The molecule has 1 aliphatic rings. The van der Waals surface area contributed by atoms with Crippen LogP contribution in [-0.2, 0) is 4.79 Å². The smallest absolute Gasteiger partial charge is 0.414 e. The van der Waals surface area contributed by atoms with E-state index < -0.39 is 35.1 Å². The van der Waals surface area contributed by atoms with Gasteiger partial charge in [-0.1, -0.05) is 13.8 Å². The molecular weight excluding hydrogens is 292 g/mol. The maximum atomic E-state index is 13.4. The predicted molar refractivity (Wildman–Crippen MR) is 76.2 cm³/mol. The number of rotatable bonds is 3. The van der Waals surface area contributed by atoms with E-state index >= 15 is 0 Å². The van der Waals surface area contributed by atoms with Crippen molar-refractivity contribution in [2.45, 2.75) is 45.6 Å². The quantitative estimate of drug-likeness (QED) is 0.913. The Kier molecular flexibility index (Phi) is 4.49. The van der Waals surface area contributed by atoms with Gasteiger partial charge in [-0.25, -0.2) is 18.5 Å². The Bertz CT molecular complexity index is 579. The van der Waals surface area contributed by atoms with E-state index in [0.29, 0.717) is 25.7 Å². The van der Waals surface area contributed by atoms with Crippen LogP contribution in [0.4, 0.5) is 13.6 Å². The maximum absolute atomic E-state index is 13.4. The fraction of sp³-hybridized carbons (Fsp3) is 0.500. The first-order valence-corrected chi connectivity index (χ1v) is 7.37. The first kappa shape index (κ1) is 16.4. The molecule has 0 unspecified atom stereocenters. The van der Waals surface area contributed by atoms with Crippen LogP contribution in [0.25, 0.3) is 0 Å². The highest BCUT2D eigenvalue weighted by Crippen LogP contribution is 2.45. The summed E-state index contributed by atoms with van der Waals surface area (Å²) in [6.45, 7) is 3.70. The second-order valence-electron chi connectivity index (χ2n) is 5.70. The predicted octanol–water partition coefficient (Wildman–Crippen LogP) is 4.11. The number of likely N-dealkylation sites (tertiary alicyclic amines) is 1. The average Bonchev–Trinajstić information content (AvgIpc) is 2.45. The van der Waals surface area contributed by atoms with Crippen molar-refractivity contribution in [2.24, 2.45) is 5.41 Å². The number of hydrogen-bond donors (Lipinski definition) is 1. The SMILES string of the molecule is CCC1(CC)CC[C@@H](c2cc(F)cc(F)c2)N(C(=O)O)C1=O. The van der Waals surface area contributed by atoms with Crippen LogP contribution in [0.2, 0.25) is 0 Å². The van der Waals surface area contributed by atoms with Crippen molar-refractivity contribution in [3.63, 3.8) is 0 Å². The van der Waals surface area contributed by atoms with E-state index in [1.165, 1.54) is 0 Å². The maximum Gasteiger partial charge on any atom is 0.414 e. The molecule has 1 aliphatic heterocycles. The zero-order chi connectivity index (χ0) is 16.5. The topological polar surface area (TPSA) is 57.6 Å². The highest BCUT2D eigenvalue weighted by molar-refractivity contribution is 5.96. The second-order valence-corrected chi connectivity index (χ2v) is 5.70. The Balaban J connectivity index is 2.45. The van der Waals surface area contributed by atoms with E-state index in [1.807, 2.05) is 13.8 Å². The van der Waals surface area contributed by atoms with Crippen molar-refractivity contribution in [1.29, 1.82) is 0 Å². The van der Waals surface area contributed by atoms with Crippen LogP contribution < -0.4 is 0 Å². The number of halogens is 2. The lowest BCUT2D eigenvalue weighted by Crippen LogP contribution is -2.51. The Morgan fingerprint density at radius 2 is 1.82 bits per heavy atom. The van der Waals surface area contributed by atoms with Gasteiger partial charge in [0.15, 0.2) is 0 Å². The van der Waals surface area contributed by atoms with Crippen molar-refractivity contribution in [3.05, 3.63) is 35.4 Å². The van der Waals surface area contributed by atoms with Crippen molar-refractivity contribution >= 4 is 12.0 Å². The molecule has 0 saturated carbocycles. The first-order valence-electron chi connectivity index (χ1n) is 7.37. The third-order valence-corrected chi connectivity index (χ3v) is 4.71. The van der Waals surface area contributed by atoms with Crippen LogP contribution in [0.1, 0.15) is 51.1 Å². The van der Waals surface area contributed by atoms with Gasteiger partial charge in [0.25, 0.3) is 0 Å². The van der Waals surface area contributed by atoms with Crippen molar-refractivity contribution in [2.75, 3.05) is 0 Å². The van der Waals surface area contributed by atoms with Gasteiger partial charge in [-0.05, 0) is 43.4 Å². The molecule has 22 heavy (non-hydrogen) atoms. The van der Waals surface area contributed by atoms with E-state index in [4.69, 9.17) is 0 Å². The molecule has 0 radical (unpaired) electrons. The molecule has 1 aromatic carbocycles. The molecule has 1 fully saturated rings. The molecule has 1 heterocycles. The average molecular weight is 311 g/mol. The monoisotopic (exact) mass is 311 g/mol. The number of nitrogens with zero attached hydrogens (tertiary/aromatic N) is 1. The third-order valence-electron chi connectivity index (χ3n) is 4.71. The summed E-state index contributed by atoms with van der Waals surface area (Å²) < 4.78 is 26.8. The highest BCUT2D eigenvalue weighted by Gasteiger charge is 2.48. The molecular formula is C16H19F2NO3. The highest BCUT2D eigenvalue weighted by atomic mass is 19.1. The summed E-state index contributed by atoms with van der Waals surface area (Å²) in [4.78, 5) is 25.0. The van der Waals surface area contributed by atoms with Crippen LogP contribution in [-0.4, -0.2) is 22.0 Å². The largest absolute Gasteiger partial charge is 0.465 e.